The topological polar surface area (TPSA) is 139 Å². The molecule has 0 unspecified atom stereocenters. The highest BCUT2D eigenvalue weighted by Crippen LogP contribution is 2.30. The summed E-state index contributed by atoms with van der Waals surface area (Å²) >= 11 is 3.40. The lowest BCUT2D eigenvalue weighted by Gasteiger charge is -2.32. The first-order valence-electron chi connectivity index (χ1n) is 14.2. The van der Waals surface area contributed by atoms with E-state index >= 15 is 0 Å². The van der Waals surface area contributed by atoms with Crippen LogP contribution in [0.4, 0.5) is 11.4 Å². The van der Waals surface area contributed by atoms with Crippen molar-refractivity contribution in [2.75, 3.05) is 18.0 Å². The number of benzene rings is 3. The summed E-state index contributed by atoms with van der Waals surface area (Å²) in [6, 6.07) is 16.1. The van der Waals surface area contributed by atoms with Crippen molar-refractivity contribution in [1.82, 2.24) is 10.2 Å². The van der Waals surface area contributed by atoms with Crippen LogP contribution in [0.25, 0.3) is 0 Å². The average molecular weight is 688 g/mol. The van der Waals surface area contributed by atoms with Crippen LogP contribution in [0.5, 0.6) is 5.75 Å². The molecule has 0 heterocycles. The van der Waals surface area contributed by atoms with Crippen LogP contribution >= 0.6 is 15.9 Å². The molecule has 1 N–H and O–H groups in total. The maximum absolute atomic E-state index is 14.1. The zero-order valence-electron chi connectivity index (χ0n) is 24.7. The van der Waals surface area contributed by atoms with E-state index in [2.05, 4.69) is 21.2 Å². The molecule has 4 rings (SSSR count). The number of aryl methyl sites for hydroxylation is 1. The lowest BCUT2D eigenvalue weighted by molar-refractivity contribution is -0.385. The lowest BCUT2D eigenvalue weighted by atomic mass is 10.1. The second-order valence-corrected chi connectivity index (χ2v) is 13.5. The van der Waals surface area contributed by atoms with E-state index in [4.69, 9.17) is 4.74 Å². The number of halogens is 1. The van der Waals surface area contributed by atoms with Gasteiger partial charge in [0.1, 0.15) is 18.3 Å². The standard InChI is InChI=1S/C31H35BrN4O7S/c1-21-8-17-28(18-29(21)36(39)40)44(41,42)35(26-13-15-27(43-3)16-14-26)20-30(37)34(19-23-9-11-24(32)12-10-23)22(2)31(38)33-25-6-4-5-7-25/h8-18,22,25H,4-7,19-20H2,1-3H3,(H,33,38)/t22-/m1/s1. The minimum Gasteiger partial charge on any atom is -0.497 e. The van der Waals surface area contributed by atoms with Crippen molar-refractivity contribution in [2.45, 2.75) is 63.1 Å². The van der Waals surface area contributed by atoms with Crippen molar-refractivity contribution in [1.29, 1.82) is 0 Å². The molecule has 0 aromatic heterocycles. The van der Waals surface area contributed by atoms with Gasteiger partial charge in [0, 0.05) is 28.7 Å². The summed E-state index contributed by atoms with van der Waals surface area (Å²) in [6.07, 6.45) is 3.77. The van der Waals surface area contributed by atoms with Crippen molar-refractivity contribution in [3.05, 3.63) is 92.4 Å². The molecule has 1 fully saturated rings. The molecular weight excluding hydrogens is 652 g/mol. The van der Waals surface area contributed by atoms with Gasteiger partial charge in [0.05, 0.1) is 22.6 Å². The minimum absolute atomic E-state index is 0.0306. The molecule has 0 saturated heterocycles. The minimum atomic E-state index is -4.48. The van der Waals surface area contributed by atoms with Gasteiger partial charge >= 0.3 is 0 Å². The number of nitrogens with zero attached hydrogens (tertiary/aromatic N) is 3. The van der Waals surface area contributed by atoms with E-state index in [0.29, 0.717) is 11.3 Å². The second kappa shape index (κ2) is 14.2. The van der Waals surface area contributed by atoms with Crippen LogP contribution in [-0.2, 0) is 26.2 Å². The van der Waals surface area contributed by atoms with Crippen molar-refractivity contribution in [2.24, 2.45) is 0 Å². The first-order chi connectivity index (χ1) is 20.9. The molecule has 1 aliphatic rings. The smallest absolute Gasteiger partial charge is 0.273 e. The third-order valence-corrected chi connectivity index (χ3v) is 10.0. The molecule has 11 nitrogen and oxygen atoms in total. The number of nitro groups is 1. The van der Waals surface area contributed by atoms with E-state index < -0.39 is 33.4 Å². The van der Waals surface area contributed by atoms with Crippen molar-refractivity contribution in [3.63, 3.8) is 0 Å². The number of rotatable bonds is 12. The van der Waals surface area contributed by atoms with E-state index in [1.165, 1.54) is 43.2 Å². The average Bonchev–Trinajstić information content (AvgIpc) is 3.52. The number of nitrogens with one attached hydrogen (secondary N) is 1. The molecule has 0 spiro atoms. The molecule has 13 heteroatoms. The number of anilines is 1. The molecule has 0 radical (unpaired) electrons. The van der Waals surface area contributed by atoms with E-state index in [1.54, 1.807) is 19.1 Å². The molecule has 1 aliphatic carbocycles. The number of nitro benzene ring substituents is 1. The Hall–Kier alpha value is -3.97. The highest BCUT2D eigenvalue weighted by Gasteiger charge is 2.34. The number of carbonyl (C=O) groups excluding carboxylic acids is 2. The monoisotopic (exact) mass is 686 g/mol. The summed E-state index contributed by atoms with van der Waals surface area (Å²) in [6.45, 7) is 2.53. The summed E-state index contributed by atoms with van der Waals surface area (Å²) in [5.74, 6) is -0.476. The number of hydrogen-bond acceptors (Lipinski definition) is 7. The summed E-state index contributed by atoms with van der Waals surface area (Å²) in [5.41, 5.74) is 0.828. The molecule has 44 heavy (non-hydrogen) atoms. The Morgan fingerprint density at radius 2 is 1.70 bits per heavy atom. The van der Waals surface area contributed by atoms with E-state index in [9.17, 15) is 28.1 Å². The third-order valence-electron chi connectivity index (χ3n) is 7.74. The maximum Gasteiger partial charge on any atom is 0.273 e. The summed E-state index contributed by atoms with van der Waals surface area (Å²) in [4.78, 5) is 39.4. The fourth-order valence-electron chi connectivity index (χ4n) is 5.11. The van der Waals surface area contributed by atoms with Gasteiger partial charge in [0.2, 0.25) is 11.8 Å². The number of ether oxygens (including phenoxy) is 1. The van der Waals surface area contributed by atoms with Crippen LogP contribution in [0.2, 0.25) is 0 Å². The Morgan fingerprint density at radius 1 is 1.07 bits per heavy atom. The summed E-state index contributed by atoms with van der Waals surface area (Å²) in [7, 11) is -3.02. The van der Waals surface area contributed by atoms with Crippen molar-refractivity contribution in [3.8, 4) is 5.75 Å². The highest BCUT2D eigenvalue weighted by molar-refractivity contribution is 9.10. The first-order valence-corrected chi connectivity index (χ1v) is 16.4. The van der Waals surface area contributed by atoms with Crippen LogP contribution in [0, 0.1) is 17.0 Å². The highest BCUT2D eigenvalue weighted by atomic mass is 79.9. The Bertz CT molecular complexity index is 1610. The molecular formula is C31H35BrN4O7S. The zero-order valence-corrected chi connectivity index (χ0v) is 27.1. The molecule has 234 valence electrons. The van der Waals surface area contributed by atoms with Gasteiger partial charge in [0.15, 0.2) is 0 Å². The van der Waals surface area contributed by atoms with Crippen LogP contribution in [0.1, 0.15) is 43.7 Å². The maximum atomic E-state index is 14.1. The van der Waals surface area contributed by atoms with Gasteiger partial charge in [-0.3, -0.25) is 24.0 Å². The van der Waals surface area contributed by atoms with Gasteiger partial charge in [-0.2, -0.15) is 0 Å². The molecule has 3 aromatic carbocycles. The molecule has 0 aliphatic heterocycles. The molecule has 2 amide bonds. The van der Waals surface area contributed by atoms with Crippen LogP contribution < -0.4 is 14.4 Å². The molecule has 3 aromatic rings. The first kappa shape index (κ1) is 32.9. The van der Waals surface area contributed by atoms with Crippen LogP contribution in [0.3, 0.4) is 0 Å². The second-order valence-electron chi connectivity index (χ2n) is 10.7. The predicted molar refractivity (Wildman–Crippen MR) is 170 cm³/mol. The van der Waals surface area contributed by atoms with Gasteiger partial charge < -0.3 is 15.0 Å². The summed E-state index contributed by atoms with van der Waals surface area (Å²) < 4.78 is 35.1. The van der Waals surface area contributed by atoms with Gasteiger partial charge in [-0.25, -0.2) is 8.42 Å². The quantitative estimate of drug-likeness (QED) is 0.200. The zero-order chi connectivity index (χ0) is 32.0. The molecule has 1 saturated carbocycles. The predicted octanol–water partition coefficient (Wildman–Crippen LogP) is 5.35. The Kier molecular flexibility index (Phi) is 10.6. The Balaban J connectivity index is 1.73. The normalized spacial score (nSPS) is 14.1. The number of amides is 2. The third kappa shape index (κ3) is 7.75. The van der Waals surface area contributed by atoms with Gasteiger partial charge in [-0.1, -0.05) is 47.0 Å². The van der Waals surface area contributed by atoms with Gasteiger partial charge in [-0.05, 0) is 74.7 Å². The fourth-order valence-corrected chi connectivity index (χ4v) is 6.81. The van der Waals surface area contributed by atoms with E-state index in [0.717, 1.165) is 46.1 Å². The molecule has 1 atom stereocenters. The van der Waals surface area contributed by atoms with Gasteiger partial charge in [-0.15, -0.1) is 0 Å². The Labute approximate surface area is 265 Å². The van der Waals surface area contributed by atoms with Crippen LogP contribution in [-0.4, -0.2) is 55.8 Å². The number of methoxy groups -OCH3 is 1. The molecule has 0 bridgehead atoms. The van der Waals surface area contributed by atoms with Crippen molar-refractivity contribution < 1.29 is 27.7 Å². The number of sulfonamides is 1. The van der Waals surface area contributed by atoms with Crippen LogP contribution in [0.15, 0.2) is 76.1 Å². The fraction of sp³-hybridized carbons (Fsp3) is 0.355. The van der Waals surface area contributed by atoms with Gasteiger partial charge in [0.25, 0.3) is 15.7 Å². The summed E-state index contributed by atoms with van der Waals surface area (Å²) in [5, 5.41) is 14.7. The van der Waals surface area contributed by atoms with E-state index in [1.807, 2.05) is 24.3 Å². The largest absolute Gasteiger partial charge is 0.497 e. The SMILES string of the molecule is COc1ccc(N(CC(=O)N(Cc2ccc(Br)cc2)[C@H](C)C(=O)NC2CCCC2)S(=O)(=O)c2ccc(C)c([N+](=O)[O-])c2)cc1. The number of hydrogen-bond donors (Lipinski definition) is 1. The lowest BCUT2D eigenvalue weighted by Crippen LogP contribution is -2.52. The number of carbonyl (C=O) groups is 2. The van der Waals surface area contributed by atoms with E-state index in [-0.39, 0.29) is 34.8 Å². The van der Waals surface area contributed by atoms with Crippen molar-refractivity contribution >= 4 is 49.1 Å². The Morgan fingerprint density at radius 3 is 2.30 bits per heavy atom.